The molecule has 0 radical (unpaired) electrons. The molecule has 2 saturated heterocycles. The number of carbonyl (C=O) groups excluding carboxylic acids is 1. The van der Waals surface area contributed by atoms with Crippen molar-refractivity contribution in [3.8, 4) is 0 Å². The SMILES string of the molecule is CCC1(C(=O)O)CCCN1C(=O)N1CC(O)C(O)C1. The standard InChI is InChI=1S/C12H20N2O5/c1-2-12(10(17)18)4-3-5-14(12)11(19)13-6-8(15)9(16)7-13/h8-9,15-16H,2-7H2,1H3,(H,17,18). The lowest BCUT2D eigenvalue weighted by atomic mass is 9.93. The molecule has 0 saturated carbocycles. The maximum Gasteiger partial charge on any atom is 0.329 e. The number of hydrogen-bond donors (Lipinski definition) is 3. The molecule has 2 rings (SSSR count). The van der Waals surface area contributed by atoms with E-state index in [1.54, 1.807) is 6.92 Å². The second-order valence-electron chi connectivity index (χ2n) is 5.27. The number of carboxylic acids is 1. The van der Waals surface area contributed by atoms with Gasteiger partial charge in [-0.25, -0.2) is 9.59 Å². The smallest absolute Gasteiger partial charge is 0.329 e. The summed E-state index contributed by atoms with van der Waals surface area (Å²) in [6.07, 6.45) is -0.443. The number of likely N-dealkylation sites (tertiary alicyclic amines) is 2. The third-order valence-electron chi connectivity index (χ3n) is 4.23. The third-order valence-corrected chi connectivity index (χ3v) is 4.23. The van der Waals surface area contributed by atoms with Crippen molar-refractivity contribution in [2.24, 2.45) is 0 Å². The fourth-order valence-corrected chi connectivity index (χ4v) is 2.99. The van der Waals surface area contributed by atoms with Gasteiger partial charge in [-0.05, 0) is 19.3 Å². The normalized spacial score (nSPS) is 34.9. The average molecular weight is 272 g/mol. The van der Waals surface area contributed by atoms with Gasteiger partial charge >= 0.3 is 12.0 Å². The number of carbonyl (C=O) groups is 2. The molecule has 3 atom stereocenters. The lowest BCUT2D eigenvalue weighted by Crippen LogP contribution is -2.56. The van der Waals surface area contributed by atoms with Crippen molar-refractivity contribution in [1.29, 1.82) is 0 Å². The van der Waals surface area contributed by atoms with E-state index in [4.69, 9.17) is 0 Å². The lowest BCUT2D eigenvalue weighted by Gasteiger charge is -2.36. The summed E-state index contributed by atoms with van der Waals surface area (Å²) in [5.41, 5.74) is -1.14. The summed E-state index contributed by atoms with van der Waals surface area (Å²) < 4.78 is 0. The van der Waals surface area contributed by atoms with E-state index in [0.29, 0.717) is 25.8 Å². The van der Waals surface area contributed by atoms with Crippen LogP contribution in [-0.4, -0.2) is 74.5 Å². The summed E-state index contributed by atoms with van der Waals surface area (Å²) in [4.78, 5) is 26.6. The van der Waals surface area contributed by atoms with Crippen molar-refractivity contribution in [3.63, 3.8) is 0 Å². The molecule has 2 aliphatic heterocycles. The molecule has 19 heavy (non-hydrogen) atoms. The van der Waals surface area contributed by atoms with Crippen LogP contribution in [0.2, 0.25) is 0 Å². The molecule has 0 spiro atoms. The Hall–Kier alpha value is -1.34. The zero-order valence-corrected chi connectivity index (χ0v) is 10.9. The largest absolute Gasteiger partial charge is 0.479 e. The summed E-state index contributed by atoms with van der Waals surface area (Å²) >= 11 is 0. The van der Waals surface area contributed by atoms with E-state index in [-0.39, 0.29) is 13.1 Å². The minimum Gasteiger partial charge on any atom is -0.479 e. The van der Waals surface area contributed by atoms with Crippen LogP contribution in [0.15, 0.2) is 0 Å². The Morgan fingerprint density at radius 1 is 1.26 bits per heavy atom. The quantitative estimate of drug-likeness (QED) is 0.627. The first-order chi connectivity index (χ1) is 8.92. The van der Waals surface area contributed by atoms with Crippen LogP contribution in [0, 0.1) is 0 Å². The highest BCUT2D eigenvalue weighted by Gasteiger charge is 2.50. The number of amides is 2. The van der Waals surface area contributed by atoms with Crippen molar-refractivity contribution in [2.75, 3.05) is 19.6 Å². The highest BCUT2D eigenvalue weighted by atomic mass is 16.4. The summed E-state index contributed by atoms with van der Waals surface area (Å²) in [5, 5.41) is 28.4. The molecule has 7 heteroatoms. The van der Waals surface area contributed by atoms with Crippen molar-refractivity contribution in [2.45, 2.75) is 43.9 Å². The number of aliphatic hydroxyl groups excluding tert-OH is 2. The van der Waals surface area contributed by atoms with Crippen LogP contribution in [0.5, 0.6) is 0 Å². The van der Waals surface area contributed by atoms with Crippen molar-refractivity contribution in [3.05, 3.63) is 0 Å². The Morgan fingerprint density at radius 3 is 2.32 bits per heavy atom. The average Bonchev–Trinajstić information content (AvgIpc) is 2.94. The molecule has 0 aromatic carbocycles. The van der Waals surface area contributed by atoms with Crippen LogP contribution >= 0.6 is 0 Å². The van der Waals surface area contributed by atoms with E-state index >= 15 is 0 Å². The second kappa shape index (κ2) is 4.97. The second-order valence-corrected chi connectivity index (χ2v) is 5.27. The number of urea groups is 1. The molecule has 0 aromatic rings. The number of aliphatic hydroxyl groups is 2. The molecule has 3 unspecified atom stereocenters. The van der Waals surface area contributed by atoms with Crippen LogP contribution in [0.3, 0.4) is 0 Å². The fourth-order valence-electron chi connectivity index (χ4n) is 2.99. The minimum absolute atomic E-state index is 0.0515. The molecule has 2 aliphatic rings. The molecular weight excluding hydrogens is 252 g/mol. The van der Waals surface area contributed by atoms with Gasteiger partial charge in [0.05, 0.1) is 25.3 Å². The number of rotatable bonds is 2. The summed E-state index contributed by atoms with van der Waals surface area (Å²) in [6, 6.07) is -0.405. The Labute approximate surface area is 111 Å². The molecule has 7 nitrogen and oxygen atoms in total. The topological polar surface area (TPSA) is 101 Å². The maximum absolute atomic E-state index is 12.4. The predicted octanol–water partition coefficient (Wildman–Crippen LogP) is -0.527. The van der Waals surface area contributed by atoms with Gasteiger partial charge in [0.2, 0.25) is 0 Å². The Kier molecular flexibility index (Phi) is 3.69. The monoisotopic (exact) mass is 272 g/mol. The predicted molar refractivity (Wildman–Crippen MR) is 65.6 cm³/mol. The van der Waals surface area contributed by atoms with Gasteiger partial charge in [-0.15, -0.1) is 0 Å². The van der Waals surface area contributed by atoms with Gasteiger partial charge in [0.1, 0.15) is 5.54 Å². The maximum atomic E-state index is 12.4. The number of β-amino-alcohol motifs (C(OH)–C–C–N with tert-alkyl or cyclic N) is 2. The van der Waals surface area contributed by atoms with Gasteiger partial charge in [-0.2, -0.15) is 0 Å². The highest BCUT2D eigenvalue weighted by Crippen LogP contribution is 2.34. The molecule has 2 fully saturated rings. The number of hydrogen-bond acceptors (Lipinski definition) is 4. The Morgan fingerprint density at radius 2 is 1.84 bits per heavy atom. The summed E-state index contributed by atoms with van der Waals surface area (Å²) in [6.45, 7) is 2.26. The van der Waals surface area contributed by atoms with E-state index in [2.05, 4.69) is 0 Å². The molecule has 0 aromatic heterocycles. The summed E-state index contributed by atoms with van der Waals surface area (Å²) in [7, 11) is 0. The van der Waals surface area contributed by atoms with E-state index in [0.717, 1.165) is 0 Å². The van der Waals surface area contributed by atoms with Gasteiger partial charge in [0, 0.05) is 6.54 Å². The summed E-state index contributed by atoms with van der Waals surface area (Å²) in [5.74, 6) is -0.985. The fraction of sp³-hybridized carbons (Fsp3) is 0.833. The van der Waals surface area contributed by atoms with Gasteiger partial charge in [0.25, 0.3) is 0 Å². The van der Waals surface area contributed by atoms with Gasteiger partial charge in [0.15, 0.2) is 0 Å². The van der Waals surface area contributed by atoms with E-state index in [1.807, 2.05) is 0 Å². The molecule has 2 amide bonds. The molecule has 0 bridgehead atoms. The number of carboxylic acid groups (broad SMARTS) is 1. The van der Waals surface area contributed by atoms with Gasteiger partial charge in [-0.1, -0.05) is 6.92 Å². The Balaban J connectivity index is 2.17. The van der Waals surface area contributed by atoms with Gasteiger partial charge in [-0.3, -0.25) is 0 Å². The van der Waals surface area contributed by atoms with E-state index < -0.39 is 29.7 Å². The lowest BCUT2D eigenvalue weighted by molar-refractivity contribution is -0.148. The van der Waals surface area contributed by atoms with Crippen molar-refractivity contribution < 1.29 is 24.9 Å². The zero-order chi connectivity index (χ0) is 14.2. The van der Waals surface area contributed by atoms with E-state index in [9.17, 15) is 24.9 Å². The molecule has 108 valence electrons. The molecular formula is C12H20N2O5. The first-order valence-corrected chi connectivity index (χ1v) is 6.58. The van der Waals surface area contributed by atoms with E-state index in [1.165, 1.54) is 9.80 Å². The molecule has 2 heterocycles. The van der Waals surface area contributed by atoms with Gasteiger partial charge < -0.3 is 25.1 Å². The highest BCUT2D eigenvalue weighted by molar-refractivity contribution is 5.87. The zero-order valence-electron chi connectivity index (χ0n) is 10.9. The number of aliphatic carboxylic acids is 1. The van der Waals surface area contributed by atoms with Crippen LogP contribution in [0.4, 0.5) is 4.79 Å². The molecule has 0 aliphatic carbocycles. The minimum atomic E-state index is -1.14. The van der Waals surface area contributed by atoms with Crippen molar-refractivity contribution >= 4 is 12.0 Å². The third kappa shape index (κ3) is 2.17. The first-order valence-electron chi connectivity index (χ1n) is 6.58. The number of nitrogens with zero attached hydrogens (tertiary/aromatic N) is 2. The van der Waals surface area contributed by atoms with Crippen molar-refractivity contribution in [1.82, 2.24) is 9.80 Å². The van der Waals surface area contributed by atoms with Crippen LogP contribution in [0.1, 0.15) is 26.2 Å². The van der Waals surface area contributed by atoms with Crippen LogP contribution < -0.4 is 0 Å². The van der Waals surface area contributed by atoms with Crippen LogP contribution in [0.25, 0.3) is 0 Å². The first kappa shape index (κ1) is 14.1. The van der Waals surface area contributed by atoms with Crippen LogP contribution in [-0.2, 0) is 4.79 Å². The Bertz CT molecular complexity index is 378. The molecule has 3 N–H and O–H groups in total.